The third-order valence-electron chi connectivity index (χ3n) is 5.91. The number of rotatable bonds is 7. The molecule has 3 aromatic rings. The van der Waals surface area contributed by atoms with Crippen molar-refractivity contribution in [2.24, 2.45) is 0 Å². The third kappa shape index (κ3) is 4.86. The van der Waals surface area contributed by atoms with E-state index in [0.29, 0.717) is 5.69 Å². The first-order chi connectivity index (χ1) is 15.4. The van der Waals surface area contributed by atoms with E-state index in [4.69, 9.17) is 0 Å². The Morgan fingerprint density at radius 2 is 1.53 bits per heavy atom. The lowest BCUT2D eigenvalue weighted by Crippen LogP contribution is -2.41. The van der Waals surface area contributed by atoms with E-state index in [1.807, 2.05) is 13.0 Å². The number of nitrogens with zero attached hydrogens (tertiary/aromatic N) is 1. The first kappa shape index (κ1) is 22.1. The van der Waals surface area contributed by atoms with E-state index in [-0.39, 0.29) is 23.4 Å². The largest absolute Gasteiger partial charge is 0.348 e. The first-order valence-electron chi connectivity index (χ1n) is 11.0. The molecule has 0 aromatic heterocycles. The molecule has 1 N–H and O–H groups in total. The van der Waals surface area contributed by atoms with E-state index in [1.54, 1.807) is 54.6 Å². The lowest BCUT2D eigenvalue weighted by Gasteiger charge is -2.25. The van der Waals surface area contributed by atoms with Crippen LogP contribution >= 0.6 is 0 Å². The molecule has 0 saturated carbocycles. The second kappa shape index (κ2) is 9.57. The molecule has 0 saturated heterocycles. The molecule has 166 valence electrons. The number of hydrogen-bond acceptors (Lipinski definition) is 3. The molecule has 5 nitrogen and oxygen atoms in total. The van der Waals surface area contributed by atoms with E-state index in [2.05, 4.69) is 23.5 Å². The Morgan fingerprint density at radius 1 is 0.906 bits per heavy atom. The Kier molecular flexibility index (Phi) is 6.61. The van der Waals surface area contributed by atoms with Gasteiger partial charge in [0.15, 0.2) is 0 Å². The summed E-state index contributed by atoms with van der Waals surface area (Å²) in [6, 6.07) is 23.1. The molecule has 0 heterocycles. The second-order valence-electron chi connectivity index (χ2n) is 8.18. The number of para-hydroxylation sites is 1. The fourth-order valence-electron chi connectivity index (χ4n) is 4.15. The number of aryl methyl sites for hydroxylation is 2. The third-order valence-corrected chi connectivity index (χ3v) is 7.70. The molecule has 4 rings (SSSR count). The zero-order chi connectivity index (χ0) is 22.6. The molecule has 0 unspecified atom stereocenters. The number of sulfonamides is 1. The normalized spacial score (nSPS) is 14.3. The highest BCUT2D eigenvalue weighted by atomic mass is 32.2. The second-order valence-corrected chi connectivity index (χ2v) is 10.0. The summed E-state index contributed by atoms with van der Waals surface area (Å²) in [5.74, 6) is -0.349. The van der Waals surface area contributed by atoms with Crippen molar-refractivity contribution < 1.29 is 13.2 Å². The van der Waals surface area contributed by atoms with Gasteiger partial charge >= 0.3 is 0 Å². The summed E-state index contributed by atoms with van der Waals surface area (Å²) in [5.41, 5.74) is 4.24. The number of hydrogen-bond donors (Lipinski definition) is 1. The minimum atomic E-state index is -3.89. The molecule has 1 atom stereocenters. The molecule has 3 aromatic carbocycles. The number of anilines is 1. The number of carbonyl (C=O) groups is 1. The van der Waals surface area contributed by atoms with Crippen LogP contribution in [0.1, 0.15) is 42.5 Å². The van der Waals surface area contributed by atoms with Crippen molar-refractivity contribution in [1.29, 1.82) is 0 Å². The summed E-state index contributed by atoms with van der Waals surface area (Å²) >= 11 is 0. The molecule has 0 spiro atoms. The maximum Gasteiger partial charge on any atom is 0.264 e. The molecule has 1 aliphatic carbocycles. The van der Waals surface area contributed by atoms with Crippen LogP contribution in [0.3, 0.4) is 0 Å². The van der Waals surface area contributed by atoms with Gasteiger partial charge in [-0.05, 0) is 73.6 Å². The van der Waals surface area contributed by atoms with Crippen LogP contribution in [0.4, 0.5) is 5.69 Å². The summed E-state index contributed by atoms with van der Waals surface area (Å²) in [7, 11) is -3.89. The number of benzene rings is 3. The number of carbonyl (C=O) groups excluding carboxylic acids is 1. The monoisotopic (exact) mass is 448 g/mol. The molecule has 6 heteroatoms. The predicted octanol–water partition coefficient (Wildman–Crippen LogP) is 4.64. The van der Waals surface area contributed by atoms with Gasteiger partial charge < -0.3 is 5.32 Å². The van der Waals surface area contributed by atoms with Crippen LogP contribution in [0.25, 0.3) is 0 Å². The predicted molar refractivity (Wildman–Crippen MR) is 127 cm³/mol. The van der Waals surface area contributed by atoms with Gasteiger partial charge in [-0.15, -0.1) is 0 Å². The van der Waals surface area contributed by atoms with E-state index in [0.717, 1.165) is 22.7 Å². The van der Waals surface area contributed by atoms with Crippen molar-refractivity contribution in [3.05, 3.63) is 95.6 Å². The van der Waals surface area contributed by atoms with E-state index >= 15 is 0 Å². The molecular weight excluding hydrogens is 420 g/mol. The maximum absolute atomic E-state index is 13.3. The van der Waals surface area contributed by atoms with Gasteiger partial charge in [0.2, 0.25) is 5.91 Å². The van der Waals surface area contributed by atoms with Gasteiger partial charge in [0, 0.05) is 0 Å². The Labute approximate surface area is 190 Å². The smallest absolute Gasteiger partial charge is 0.264 e. The van der Waals surface area contributed by atoms with Crippen LogP contribution in [-0.4, -0.2) is 20.9 Å². The van der Waals surface area contributed by atoms with Crippen molar-refractivity contribution in [1.82, 2.24) is 5.32 Å². The zero-order valence-corrected chi connectivity index (χ0v) is 19.0. The van der Waals surface area contributed by atoms with Crippen LogP contribution in [0.2, 0.25) is 0 Å². The zero-order valence-electron chi connectivity index (χ0n) is 18.2. The summed E-state index contributed by atoms with van der Waals surface area (Å²) in [6.07, 6.45) is 4.60. The Hall–Kier alpha value is -3.12. The standard InChI is InChI=1S/C26H28N2O3S/c1-20(22-17-16-21-10-8-9-11-23(21)18-22)27-26(29)19-28(24-12-4-2-5-13-24)32(30,31)25-14-6-3-7-15-25/h2-7,12-18,20H,8-11,19H2,1H3,(H,27,29)/t20-/m0/s1. The van der Waals surface area contributed by atoms with Gasteiger partial charge in [-0.1, -0.05) is 54.6 Å². The van der Waals surface area contributed by atoms with Crippen LogP contribution < -0.4 is 9.62 Å². The van der Waals surface area contributed by atoms with E-state index in [1.165, 1.54) is 24.0 Å². The molecule has 32 heavy (non-hydrogen) atoms. The lowest BCUT2D eigenvalue weighted by atomic mass is 9.89. The van der Waals surface area contributed by atoms with Crippen LogP contribution in [0.5, 0.6) is 0 Å². The molecule has 1 amide bonds. The first-order valence-corrected chi connectivity index (χ1v) is 12.4. The minimum Gasteiger partial charge on any atom is -0.348 e. The minimum absolute atomic E-state index is 0.152. The van der Waals surface area contributed by atoms with Crippen molar-refractivity contribution in [3.63, 3.8) is 0 Å². The summed E-state index contributed by atoms with van der Waals surface area (Å²) in [4.78, 5) is 13.1. The van der Waals surface area contributed by atoms with Crippen LogP contribution in [-0.2, 0) is 27.7 Å². The number of amides is 1. The topological polar surface area (TPSA) is 66.5 Å². The summed E-state index contributed by atoms with van der Waals surface area (Å²) in [5, 5.41) is 2.98. The summed E-state index contributed by atoms with van der Waals surface area (Å²) in [6.45, 7) is 1.64. The van der Waals surface area contributed by atoms with E-state index < -0.39 is 10.0 Å². The van der Waals surface area contributed by atoms with Crippen LogP contribution in [0.15, 0.2) is 83.8 Å². The van der Waals surface area contributed by atoms with Crippen molar-refractivity contribution in [3.8, 4) is 0 Å². The highest BCUT2D eigenvalue weighted by Crippen LogP contribution is 2.26. The van der Waals surface area contributed by atoms with Crippen molar-refractivity contribution in [2.75, 3.05) is 10.8 Å². The SMILES string of the molecule is C[C@H](NC(=O)CN(c1ccccc1)S(=O)(=O)c1ccccc1)c1ccc2c(c1)CCCC2. The molecule has 1 aliphatic rings. The average Bonchev–Trinajstić information content (AvgIpc) is 2.83. The van der Waals surface area contributed by atoms with Gasteiger partial charge in [0.25, 0.3) is 10.0 Å². The average molecular weight is 449 g/mol. The van der Waals surface area contributed by atoms with Crippen LogP contribution in [0, 0.1) is 0 Å². The molecular formula is C26H28N2O3S. The van der Waals surface area contributed by atoms with E-state index in [9.17, 15) is 13.2 Å². The van der Waals surface area contributed by atoms with Crippen molar-refractivity contribution in [2.45, 2.75) is 43.5 Å². The Balaban J connectivity index is 1.54. The maximum atomic E-state index is 13.3. The highest BCUT2D eigenvalue weighted by molar-refractivity contribution is 7.92. The molecule has 0 bridgehead atoms. The molecule has 0 aliphatic heterocycles. The van der Waals surface area contributed by atoms with Gasteiger partial charge in [-0.3, -0.25) is 9.10 Å². The number of fused-ring (bicyclic) bond motifs is 1. The quantitative estimate of drug-likeness (QED) is 0.573. The fourth-order valence-corrected chi connectivity index (χ4v) is 5.59. The summed E-state index contributed by atoms with van der Waals surface area (Å²) < 4.78 is 27.8. The van der Waals surface area contributed by atoms with Gasteiger partial charge in [-0.2, -0.15) is 0 Å². The molecule has 0 radical (unpaired) electrons. The fraction of sp³-hybridized carbons (Fsp3) is 0.269. The van der Waals surface area contributed by atoms with Gasteiger partial charge in [0.05, 0.1) is 16.6 Å². The Morgan fingerprint density at radius 3 is 2.22 bits per heavy atom. The van der Waals surface area contributed by atoms with Gasteiger partial charge in [-0.25, -0.2) is 8.42 Å². The molecule has 0 fully saturated rings. The lowest BCUT2D eigenvalue weighted by molar-refractivity contribution is -0.120. The number of nitrogens with one attached hydrogen (secondary N) is 1. The van der Waals surface area contributed by atoms with Gasteiger partial charge in [0.1, 0.15) is 6.54 Å². The van der Waals surface area contributed by atoms with Crippen molar-refractivity contribution >= 4 is 21.6 Å². The highest BCUT2D eigenvalue weighted by Gasteiger charge is 2.27. The Bertz CT molecular complexity index is 1180.